The van der Waals surface area contributed by atoms with E-state index in [0.29, 0.717) is 12.5 Å². The number of ether oxygens (including phenoxy) is 1. The van der Waals surface area contributed by atoms with Gasteiger partial charge in [-0.05, 0) is 6.42 Å². The van der Waals surface area contributed by atoms with Crippen LogP contribution in [-0.2, 0) is 4.74 Å². The molecule has 1 aliphatic heterocycles. The summed E-state index contributed by atoms with van der Waals surface area (Å²) in [6.07, 6.45) is 0.642. The van der Waals surface area contributed by atoms with Gasteiger partial charge in [-0.25, -0.2) is 0 Å². The third-order valence-corrected chi connectivity index (χ3v) is 2.85. The lowest BCUT2D eigenvalue weighted by atomic mass is 10.2. The molecule has 4 heteroatoms. The molecular weight excluding hydrogens is 225 g/mol. The summed E-state index contributed by atoms with van der Waals surface area (Å²) in [5.74, 6) is 0. The summed E-state index contributed by atoms with van der Waals surface area (Å²) in [7, 11) is 0. The monoisotopic (exact) mass is 239 g/mol. The first-order valence-electron chi connectivity index (χ1n) is 4.32. The molecule has 0 radical (unpaired) electrons. The van der Waals surface area contributed by atoms with E-state index in [4.69, 9.17) is 4.74 Å². The molecule has 1 heterocycles. The Morgan fingerprint density at radius 2 is 2.42 bits per heavy atom. The van der Waals surface area contributed by atoms with Crippen molar-refractivity contribution in [3.05, 3.63) is 0 Å². The standard InChI is InChI=1S/C8H15BrFNO/c9-6-8-7-12-5-4-11(8)3-1-2-10/h8H,1-7H2. The van der Waals surface area contributed by atoms with Gasteiger partial charge in [0.1, 0.15) is 0 Å². The molecule has 0 bridgehead atoms. The summed E-state index contributed by atoms with van der Waals surface area (Å²) >= 11 is 3.43. The Labute approximate surface area is 81.2 Å². The maximum Gasteiger partial charge on any atom is 0.0906 e. The van der Waals surface area contributed by atoms with E-state index in [1.54, 1.807) is 0 Å². The summed E-state index contributed by atoms with van der Waals surface area (Å²) in [5, 5.41) is 0.916. The molecule has 0 amide bonds. The number of alkyl halides is 2. The van der Waals surface area contributed by atoms with Crippen LogP contribution in [0.15, 0.2) is 0 Å². The van der Waals surface area contributed by atoms with Crippen molar-refractivity contribution in [1.82, 2.24) is 4.90 Å². The normalized spacial score (nSPS) is 26.0. The van der Waals surface area contributed by atoms with Crippen LogP contribution in [0.2, 0.25) is 0 Å². The van der Waals surface area contributed by atoms with Gasteiger partial charge in [0.25, 0.3) is 0 Å². The second-order valence-corrected chi connectivity index (χ2v) is 3.61. The number of hydrogen-bond donors (Lipinski definition) is 0. The molecule has 2 nitrogen and oxygen atoms in total. The van der Waals surface area contributed by atoms with Crippen LogP contribution >= 0.6 is 15.9 Å². The fourth-order valence-electron chi connectivity index (χ4n) is 1.39. The van der Waals surface area contributed by atoms with Crippen LogP contribution in [0.3, 0.4) is 0 Å². The van der Waals surface area contributed by atoms with Crippen molar-refractivity contribution in [2.24, 2.45) is 0 Å². The van der Waals surface area contributed by atoms with Crippen molar-refractivity contribution < 1.29 is 9.13 Å². The van der Waals surface area contributed by atoms with E-state index in [9.17, 15) is 4.39 Å². The average Bonchev–Trinajstić information content (AvgIpc) is 2.15. The molecule has 0 spiro atoms. The predicted molar refractivity (Wildman–Crippen MR) is 50.6 cm³/mol. The maximum absolute atomic E-state index is 11.9. The van der Waals surface area contributed by atoms with E-state index in [1.807, 2.05) is 0 Å². The fraction of sp³-hybridized carbons (Fsp3) is 1.00. The van der Waals surface area contributed by atoms with Gasteiger partial charge in [-0.15, -0.1) is 0 Å². The molecular formula is C8H15BrFNO. The molecule has 1 atom stereocenters. The van der Waals surface area contributed by atoms with E-state index in [1.165, 1.54) is 0 Å². The lowest BCUT2D eigenvalue weighted by Crippen LogP contribution is -2.46. The van der Waals surface area contributed by atoms with Crippen molar-refractivity contribution in [1.29, 1.82) is 0 Å². The fourth-order valence-corrected chi connectivity index (χ4v) is 1.98. The summed E-state index contributed by atoms with van der Waals surface area (Å²) in [6.45, 7) is 3.14. The molecule has 12 heavy (non-hydrogen) atoms. The second-order valence-electron chi connectivity index (χ2n) is 2.96. The molecule has 1 fully saturated rings. The Bertz CT molecular complexity index is 126. The number of rotatable bonds is 4. The van der Waals surface area contributed by atoms with Crippen molar-refractivity contribution in [2.45, 2.75) is 12.5 Å². The smallest absolute Gasteiger partial charge is 0.0906 e. The molecule has 72 valence electrons. The third kappa shape index (κ3) is 2.99. The van der Waals surface area contributed by atoms with E-state index in [-0.39, 0.29) is 6.67 Å². The zero-order valence-corrected chi connectivity index (χ0v) is 8.72. The quantitative estimate of drug-likeness (QED) is 0.689. The van der Waals surface area contributed by atoms with E-state index in [0.717, 1.165) is 31.6 Å². The minimum absolute atomic E-state index is 0.216. The topological polar surface area (TPSA) is 12.5 Å². The molecule has 0 aromatic heterocycles. The molecule has 0 aromatic rings. The third-order valence-electron chi connectivity index (χ3n) is 2.11. The Morgan fingerprint density at radius 3 is 3.08 bits per heavy atom. The van der Waals surface area contributed by atoms with Gasteiger partial charge in [-0.3, -0.25) is 9.29 Å². The Hall–Kier alpha value is 0.330. The molecule has 1 aliphatic rings. The minimum Gasteiger partial charge on any atom is -0.378 e. The lowest BCUT2D eigenvalue weighted by Gasteiger charge is -2.34. The predicted octanol–water partition coefficient (Wildman–Crippen LogP) is 1.44. The first-order chi connectivity index (χ1) is 5.88. The van der Waals surface area contributed by atoms with Crippen LogP contribution in [0.5, 0.6) is 0 Å². The van der Waals surface area contributed by atoms with Crippen LogP contribution in [-0.4, -0.2) is 49.2 Å². The zero-order valence-electron chi connectivity index (χ0n) is 7.14. The van der Waals surface area contributed by atoms with Gasteiger partial charge in [0, 0.05) is 24.5 Å². The van der Waals surface area contributed by atoms with Crippen LogP contribution in [0.4, 0.5) is 4.39 Å². The summed E-state index contributed by atoms with van der Waals surface area (Å²) in [6, 6.07) is 0.435. The summed E-state index contributed by atoms with van der Waals surface area (Å²) in [5.41, 5.74) is 0. The van der Waals surface area contributed by atoms with Gasteiger partial charge >= 0.3 is 0 Å². The Balaban J connectivity index is 2.26. The average molecular weight is 240 g/mol. The maximum atomic E-state index is 11.9. The number of halogens is 2. The highest BCUT2D eigenvalue weighted by Crippen LogP contribution is 2.09. The van der Waals surface area contributed by atoms with Gasteiger partial charge in [0.05, 0.1) is 19.9 Å². The van der Waals surface area contributed by atoms with Crippen LogP contribution in [0, 0.1) is 0 Å². The number of nitrogens with zero attached hydrogens (tertiary/aromatic N) is 1. The van der Waals surface area contributed by atoms with Gasteiger partial charge in [0.15, 0.2) is 0 Å². The molecule has 0 saturated carbocycles. The molecule has 1 saturated heterocycles. The van der Waals surface area contributed by atoms with Crippen LogP contribution in [0.1, 0.15) is 6.42 Å². The van der Waals surface area contributed by atoms with Gasteiger partial charge in [0.2, 0.25) is 0 Å². The van der Waals surface area contributed by atoms with E-state index >= 15 is 0 Å². The molecule has 1 unspecified atom stereocenters. The van der Waals surface area contributed by atoms with Crippen molar-refractivity contribution >= 4 is 15.9 Å². The van der Waals surface area contributed by atoms with Crippen molar-refractivity contribution in [3.63, 3.8) is 0 Å². The second kappa shape index (κ2) is 5.89. The van der Waals surface area contributed by atoms with E-state index in [2.05, 4.69) is 20.8 Å². The highest BCUT2D eigenvalue weighted by atomic mass is 79.9. The van der Waals surface area contributed by atoms with Crippen molar-refractivity contribution in [2.75, 3.05) is 38.3 Å². The highest BCUT2D eigenvalue weighted by Gasteiger charge is 2.20. The Morgan fingerprint density at radius 1 is 1.58 bits per heavy atom. The van der Waals surface area contributed by atoms with Gasteiger partial charge in [-0.1, -0.05) is 15.9 Å². The van der Waals surface area contributed by atoms with Crippen LogP contribution in [0.25, 0.3) is 0 Å². The number of morpholine rings is 1. The largest absolute Gasteiger partial charge is 0.378 e. The summed E-state index contributed by atoms with van der Waals surface area (Å²) in [4.78, 5) is 2.29. The van der Waals surface area contributed by atoms with Gasteiger partial charge < -0.3 is 4.74 Å². The lowest BCUT2D eigenvalue weighted by molar-refractivity contribution is 0.000914. The molecule has 1 rings (SSSR count). The zero-order chi connectivity index (χ0) is 8.81. The number of hydrogen-bond acceptors (Lipinski definition) is 2. The van der Waals surface area contributed by atoms with Crippen molar-refractivity contribution in [3.8, 4) is 0 Å². The Kier molecular flexibility index (Phi) is 5.11. The van der Waals surface area contributed by atoms with Crippen LogP contribution < -0.4 is 0 Å². The SMILES string of the molecule is FCCCN1CCOCC1CBr. The highest BCUT2D eigenvalue weighted by molar-refractivity contribution is 9.09. The van der Waals surface area contributed by atoms with E-state index < -0.39 is 0 Å². The minimum atomic E-state index is -0.216. The molecule has 0 N–H and O–H groups in total. The summed E-state index contributed by atoms with van der Waals surface area (Å²) < 4.78 is 17.2. The first kappa shape index (κ1) is 10.4. The molecule has 0 aromatic carbocycles. The molecule has 0 aliphatic carbocycles. The van der Waals surface area contributed by atoms with Gasteiger partial charge in [-0.2, -0.15) is 0 Å². The first-order valence-corrected chi connectivity index (χ1v) is 5.44.